The minimum Gasteiger partial charge on any atom is -0.508 e. The van der Waals surface area contributed by atoms with Gasteiger partial charge >= 0.3 is 5.97 Å². The van der Waals surface area contributed by atoms with E-state index in [0.717, 1.165) is 11.1 Å². The summed E-state index contributed by atoms with van der Waals surface area (Å²) in [4.78, 5) is 16.6. The number of phenols is 1. The van der Waals surface area contributed by atoms with Gasteiger partial charge in [-0.15, -0.1) is 11.3 Å². The quantitative estimate of drug-likeness (QED) is 0.430. The fourth-order valence-corrected chi connectivity index (χ4v) is 4.36. The summed E-state index contributed by atoms with van der Waals surface area (Å²) in [5.41, 5.74) is 8.10. The van der Waals surface area contributed by atoms with E-state index in [9.17, 15) is 9.90 Å². The van der Waals surface area contributed by atoms with Gasteiger partial charge in [-0.3, -0.25) is 0 Å². The molecule has 0 spiro atoms. The maximum Gasteiger partial charge on any atom is 0.341 e. The number of phenolic OH excluding ortho intramolecular Hbond substituents is 1. The summed E-state index contributed by atoms with van der Waals surface area (Å²) in [5, 5.41) is 12.6. The summed E-state index contributed by atoms with van der Waals surface area (Å²) in [6.07, 6.45) is 0.881. The molecule has 0 saturated heterocycles. The summed E-state index contributed by atoms with van der Waals surface area (Å²) >= 11 is 1.38. The number of pyridine rings is 1. The predicted molar refractivity (Wildman–Crippen MR) is 117 cm³/mol. The second-order valence-corrected chi connectivity index (χ2v) is 7.46. The highest BCUT2D eigenvalue weighted by molar-refractivity contribution is 7.18. The Morgan fingerprint density at radius 3 is 2.73 bits per heavy atom. The fraction of sp³-hybridized carbons (Fsp3) is 0.130. The van der Waals surface area contributed by atoms with Crippen molar-refractivity contribution in [1.29, 1.82) is 0 Å². The molecule has 152 valence electrons. The van der Waals surface area contributed by atoms with Crippen molar-refractivity contribution in [3.05, 3.63) is 82.9 Å². The lowest BCUT2D eigenvalue weighted by Gasteiger charge is -2.20. The lowest BCUT2D eigenvalue weighted by Crippen LogP contribution is -2.11. The second-order valence-electron chi connectivity index (χ2n) is 6.58. The van der Waals surface area contributed by atoms with Crippen LogP contribution in [0.3, 0.4) is 0 Å². The molecule has 0 aliphatic rings. The van der Waals surface area contributed by atoms with Crippen LogP contribution in [0.1, 0.15) is 34.5 Å². The minimum absolute atomic E-state index is 0.131. The number of nitrogens with zero attached hydrogens (tertiary/aromatic N) is 1. The van der Waals surface area contributed by atoms with Gasteiger partial charge in [-0.25, -0.2) is 9.78 Å². The first-order chi connectivity index (χ1) is 14.6. The van der Waals surface area contributed by atoms with E-state index < -0.39 is 12.1 Å². The molecule has 3 N–H and O–H groups in total. The maximum absolute atomic E-state index is 12.4. The van der Waals surface area contributed by atoms with Gasteiger partial charge in [0, 0.05) is 22.7 Å². The third-order valence-electron chi connectivity index (χ3n) is 4.60. The number of thiophene rings is 1. The molecular formula is C23H20N2O4S. The van der Waals surface area contributed by atoms with Gasteiger partial charge < -0.3 is 20.3 Å². The number of rotatable bonds is 6. The van der Waals surface area contributed by atoms with Gasteiger partial charge in [0.15, 0.2) is 6.10 Å². The van der Waals surface area contributed by atoms with Crippen LogP contribution in [0.15, 0.2) is 66.2 Å². The van der Waals surface area contributed by atoms with Crippen LogP contribution in [-0.2, 0) is 4.74 Å². The number of benzene rings is 2. The summed E-state index contributed by atoms with van der Waals surface area (Å²) in [6.45, 7) is 2.03. The Kier molecular flexibility index (Phi) is 5.54. The van der Waals surface area contributed by atoms with Crippen molar-refractivity contribution in [2.45, 2.75) is 13.0 Å². The number of hydrogen-bond donors (Lipinski definition) is 2. The first-order valence-electron chi connectivity index (χ1n) is 9.41. The zero-order valence-electron chi connectivity index (χ0n) is 16.2. The topological polar surface area (TPSA) is 94.7 Å². The molecule has 0 aliphatic carbocycles. The Hall–Kier alpha value is -3.58. The highest BCUT2D eigenvalue weighted by Gasteiger charge is 2.25. The van der Waals surface area contributed by atoms with Crippen LogP contribution < -0.4 is 10.5 Å². The molecule has 4 rings (SSSR count). The minimum atomic E-state index is -0.560. The fourth-order valence-electron chi connectivity index (χ4n) is 3.27. The van der Waals surface area contributed by atoms with E-state index in [4.69, 9.17) is 15.2 Å². The number of esters is 1. The summed E-state index contributed by atoms with van der Waals surface area (Å²) < 4.78 is 12.2. The smallest absolute Gasteiger partial charge is 0.341 e. The van der Waals surface area contributed by atoms with Gasteiger partial charge in [-0.05, 0) is 36.6 Å². The number of nitrogens with two attached hydrogens (primary N) is 1. The summed E-state index contributed by atoms with van der Waals surface area (Å²) in [6, 6.07) is 16.3. The Morgan fingerprint density at radius 2 is 2.00 bits per heavy atom. The van der Waals surface area contributed by atoms with Crippen LogP contribution in [0.4, 0.5) is 5.82 Å². The van der Waals surface area contributed by atoms with Gasteiger partial charge in [0.25, 0.3) is 0 Å². The monoisotopic (exact) mass is 420 g/mol. The number of fused-ring (bicyclic) bond motifs is 1. The average molecular weight is 420 g/mol. The molecule has 4 aromatic rings. The molecular weight excluding hydrogens is 400 g/mol. The van der Waals surface area contributed by atoms with E-state index >= 15 is 0 Å². The van der Waals surface area contributed by atoms with Crippen molar-refractivity contribution in [3.8, 4) is 11.5 Å². The summed E-state index contributed by atoms with van der Waals surface area (Å²) in [7, 11) is 0. The molecule has 2 aromatic heterocycles. The lowest BCUT2D eigenvalue weighted by molar-refractivity contribution is 0.0528. The van der Waals surface area contributed by atoms with Crippen LogP contribution in [0.2, 0.25) is 0 Å². The van der Waals surface area contributed by atoms with Gasteiger partial charge in [0.05, 0.1) is 16.9 Å². The van der Waals surface area contributed by atoms with Crippen LogP contribution in [0.25, 0.3) is 10.1 Å². The molecule has 30 heavy (non-hydrogen) atoms. The third-order valence-corrected chi connectivity index (χ3v) is 5.63. The molecule has 0 bridgehead atoms. The third kappa shape index (κ3) is 3.79. The van der Waals surface area contributed by atoms with E-state index in [2.05, 4.69) is 4.98 Å². The number of para-hydroxylation sites is 1. The van der Waals surface area contributed by atoms with Crippen molar-refractivity contribution >= 4 is 33.2 Å². The summed E-state index contributed by atoms with van der Waals surface area (Å²) in [5.74, 6) is 0.655. The molecule has 2 aromatic carbocycles. The molecule has 0 fully saturated rings. The van der Waals surface area contributed by atoms with Crippen molar-refractivity contribution < 1.29 is 19.4 Å². The van der Waals surface area contributed by atoms with Gasteiger partial charge in [-0.2, -0.15) is 0 Å². The molecule has 1 unspecified atom stereocenters. The van der Waals surface area contributed by atoms with Crippen molar-refractivity contribution in [2.24, 2.45) is 0 Å². The molecule has 0 saturated carbocycles. The number of carbonyl (C=O) groups excluding carboxylic acids is 1. The van der Waals surface area contributed by atoms with E-state index in [1.54, 1.807) is 25.1 Å². The normalized spacial score (nSPS) is 11.9. The van der Waals surface area contributed by atoms with Crippen LogP contribution in [-0.4, -0.2) is 22.7 Å². The molecule has 1 atom stereocenters. The molecule has 0 aliphatic heterocycles. The molecule has 0 radical (unpaired) electrons. The second kappa shape index (κ2) is 8.42. The number of aromatic nitrogens is 1. The Balaban J connectivity index is 1.88. The molecule has 6 nitrogen and oxygen atoms in total. The first-order valence-corrected chi connectivity index (χ1v) is 10.3. The van der Waals surface area contributed by atoms with E-state index in [1.807, 2.05) is 41.8 Å². The zero-order valence-corrected chi connectivity index (χ0v) is 17.1. The number of carbonyl (C=O) groups is 1. The Labute approximate surface area is 177 Å². The number of hydrogen-bond acceptors (Lipinski definition) is 7. The largest absolute Gasteiger partial charge is 0.508 e. The number of anilines is 1. The van der Waals surface area contributed by atoms with Gasteiger partial charge in [0.1, 0.15) is 17.3 Å². The van der Waals surface area contributed by atoms with Gasteiger partial charge in [-0.1, -0.05) is 30.3 Å². The van der Waals surface area contributed by atoms with E-state index in [1.165, 1.54) is 17.5 Å². The van der Waals surface area contributed by atoms with Gasteiger partial charge in [0.2, 0.25) is 0 Å². The number of aromatic hydroxyl groups is 1. The number of ether oxygens (including phenoxy) is 2. The predicted octanol–water partition coefficient (Wildman–Crippen LogP) is 4.93. The highest BCUT2D eigenvalue weighted by atomic mass is 32.1. The Bertz CT molecular complexity index is 1190. The van der Waals surface area contributed by atoms with Crippen molar-refractivity contribution in [1.82, 2.24) is 4.98 Å². The SMILES string of the molecule is CCOC(=O)c1cnc(N)c2c(C(Oc3ccccc3)c3cccc(O)c3)csc12. The maximum atomic E-state index is 12.4. The molecule has 7 heteroatoms. The zero-order chi connectivity index (χ0) is 21.1. The van der Waals surface area contributed by atoms with Crippen LogP contribution in [0, 0.1) is 0 Å². The molecule has 0 amide bonds. The molecule has 2 heterocycles. The first kappa shape index (κ1) is 19.7. The van der Waals surface area contributed by atoms with E-state index in [0.29, 0.717) is 27.2 Å². The number of nitrogen functional groups attached to an aromatic ring is 1. The standard InChI is InChI=1S/C23H20N2O4S/c1-2-28-23(27)17-12-25-22(24)19-18(13-30-21(17)19)20(14-7-6-8-15(26)11-14)29-16-9-4-3-5-10-16/h3-13,20,26H,2H2,1H3,(H2,24,25). The highest BCUT2D eigenvalue weighted by Crippen LogP contribution is 2.40. The van der Waals surface area contributed by atoms with Crippen LogP contribution in [0.5, 0.6) is 11.5 Å². The lowest BCUT2D eigenvalue weighted by atomic mass is 10.00. The van der Waals surface area contributed by atoms with E-state index in [-0.39, 0.29) is 12.4 Å². The Morgan fingerprint density at radius 1 is 1.20 bits per heavy atom. The van der Waals surface area contributed by atoms with Crippen molar-refractivity contribution in [2.75, 3.05) is 12.3 Å². The van der Waals surface area contributed by atoms with Crippen LogP contribution >= 0.6 is 11.3 Å². The van der Waals surface area contributed by atoms with Crippen molar-refractivity contribution in [3.63, 3.8) is 0 Å². The average Bonchev–Trinajstić information content (AvgIpc) is 3.19.